The van der Waals surface area contributed by atoms with Gasteiger partial charge in [-0.05, 0) is 42.7 Å². The average molecular weight is 305 g/mol. The van der Waals surface area contributed by atoms with Crippen LogP contribution in [0.3, 0.4) is 0 Å². The summed E-state index contributed by atoms with van der Waals surface area (Å²) in [5.41, 5.74) is 5.00. The number of fused-ring (bicyclic) bond motifs is 1. The second kappa shape index (κ2) is 4.84. The van der Waals surface area contributed by atoms with Gasteiger partial charge in [0.15, 0.2) is 11.5 Å². The van der Waals surface area contributed by atoms with Crippen molar-refractivity contribution in [2.45, 2.75) is 18.8 Å². The van der Waals surface area contributed by atoms with Crippen LogP contribution in [0.15, 0.2) is 42.6 Å². The SMILES string of the molecule is c1cc(-c2n[nH]cc2-c2ccc3c(c2)OCO3)nc(C2CC2)c1. The van der Waals surface area contributed by atoms with Crippen LogP contribution in [-0.4, -0.2) is 22.0 Å². The molecule has 3 aromatic rings. The number of hydrogen-bond donors (Lipinski definition) is 1. The third kappa shape index (κ3) is 2.16. The molecule has 0 atom stereocenters. The van der Waals surface area contributed by atoms with Crippen LogP contribution in [0.2, 0.25) is 0 Å². The Labute approximate surface area is 133 Å². The molecule has 3 heterocycles. The molecule has 1 saturated carbocycles. The molecule has 114 valence electrons. The van der Waals surface area contributed by atoms with Crippen LogP contribution in [0, 0.1) is 0 Å². The molecule has 1 aromatic carbocycles. The van der Waals surface area contributed by atoms with E-state index in [1.807, 2.05) is 30.5 Å². The van der Waals surface area contributed by atoms with E-state index in [0.29, 0.717) is 5.92 Å². The number of rotatable bonds is 3. The van der Waals surface area contributed by atoms with E-state index in [0.717, 1.165) is 34.0 Å². The summed E-state index contributed by atoms with van der Waals surface area (Å²) in [6, 6.07) is 12.1. The fraction of sp³-hybridized carbons (Fsp3) is 0.222. The summed E-state index contributed by atoms with van der Waals surface area (Å²) >= 11 is 0. The van der Waals surface area contributed by atoms with Crippen molar-refractivity contribution >= 4 is 0 Å². The molecule has 1 aliphatic carbocycles. The van der Waals surface area contributed by atoms with Crippen LogP contribution in [0.5, 0.6) is 11.5 Å². The fourth-order valence-corrected chi connectivity index (χ4v) is 2.96. The normalized spacial score (nSPS) is 15.8. The quantitative estimate of drug-likeness (QED) is 0.800. The third-order valence-corrected chi connectivity index (χ3v) is 4.33. The lowest BCUT2D eigenvalue weighted by Gasteiger charge is -2.05. The zero-order valence-electron chi connectivity index (χ0n) is 12.5. The van der Waals surface area contributed by atoms with E-state index in [1.54, 1.807) is 0 Å². The van der Waals surface area contributed by atoms with Gasteiger partial charge in [0.1, 0.15) is 5.69 Å². The van der Waals surface area contributed by atoms with E-state index in [2.05, 4.69) is 22.3 Å². The second-order valence-electron chi connectivity index (χ2n) is 5.94. The smallest absolute Gasteiger partial charge is 0.231 e. The van der Waals surface area contributed by atoms with Gasteiger partial charge in [0.05, 0.1) is 5.69 Å². The number of pyridine rings is 1. The van der Waals surface area contributed by atoms with E-state index < -0.39 is 0 Å². The van der Waals surface area contributed by atoms with Gasteiger partial charge < -0.3 is 9.47 Å². The van der Waals surface area contributed by atoms with Gasteiger partial charge in [-0.15, -0.1) is 0 Å². The first-order valence-electron chi connectivity index (χ1n) is 7.79. The Morgan fingerprint density at radius 2 is 1.96 bits per heavy atom. The van der Waals surface area contributed by atoms with Crippen molar-refractivity contribution in [2.75, 3.05) is 6.79 Å². The Kier molecular flexibility index (Phi) is 2.67. The number of nitrogens with one attached hydrogen (secondary N) is 1. The third-order valence-electron chi connectivity index (χ3n) is 4.33. The Morgan fingerprint density at radius 1 is 1.04 bits per heavy atom. The van der Waals surface area contributed by atoms with Gasteiger partial charge in [0.25, 0.3) is 0 Å². The predicted octanol–water partition coefficient (Wildman–Crippen LogP) is 3.74. The molecule has 5 rings (SSSR count). The van der Waals surface area contributed by atoms with Crippen LogP contribution < -0.4 is 9.47 Å². The minimum absolute atomic E-state index is 0.280. The average Bonchev–Trinajstić information content (AvgIpc) is 3.14. The summed E-state index contributed by atoms with van der Waals surface area (Å²) in [7, 11) is 0. The topological polar surface area (TPSA) is 60.0 Å². The summed E-state index contributed by atoms with van der Waals surface area (Å²) in [4.78, 5) is 4.80. The van der Waals surface area contributed by atoms with Crippen molar-refractivity contribution in [3.05, 3.63) is 48.3 Å². The molecule has 1 aliphatic heterocycles. The Morgan fingerprint density at radius 3 is 2.87 bits per heavy atom. The lowest BCUT2D eigenvalue weighted by molar-refractivity contribution is 0.174. The molecule has 0 spiro atoms. The first-order valence-corrected chi connectivity index (χ1v) is 7.79. The molecular weight excluding hydrogens is 290 g/mol. The molecule has 1 N–H and O–H groups in total. The minimum atomic E-state index is 0.280. The van der Waals surface area contributed by atoms with Gasteiger partial charge >= 0.3 is 0 Å². The van der Waals surface area contributed by atoms with E-state index in [4.69, 9.17) is 14.5 Å². The molecule has 23 heavy (non-hydrogen) atoms. The molecule has 5 heteroatoms. The summed E-state index contributed by atoms with van der Waals surface area (Å²) in [6.07, 6.45) is 4.39. The van der Waals surface area contributed by atoms with Crippen LogP contribution in [0.4, 0.5) is 0 Å². The number of aromatic nitrogens is 3. The first-order chi connectivity index (χ1) is 11.4. The number of benzene rings is 1. The maximum absolute atomic E-state index is 5.47. The second-order valence-corrected chi connectivity index (χ2v) is 5.94. The standard InChI is InChI=1S/C18H15N3O2/c1-2-14(11-4-5-11)20-15(3-1)18-13(9-19-21-18)12-6-7-16-17(8-12)23-10-22-16/h1-3,6-9,11H,4-5,10H2,(H,19,21). The summed E-state index contributed by atoms with van der Waals surface area (Å²) in [5.74, 6) is 2.19. The van der Waals surface area contributed by atoms with Crippen molar-refractivity contribution in [2.24, 2.45) is 0 Å². The molecule has 0 bridgehead atoms. The van der Waals surface area contributed by atoms with Crippen molar-refractivity contribution < 1.29 is 9.47 Å². The highest BCUT2D eigenvalue weighted by atomic mass is 16.7. The van der Waals surface area contributed by atoms with Crippen LogP contribution in [0.1, 0.15) is 24.5 Å². The van der Waals surface area contributed by atoms with E-state index in [1.165, 1.54) is 18.5 Å². The van der Waals surface area contributed by atoms with Gasteiger partial charge in [0, 0.05) is 23.4 Å². The molecule has 1 fully saturated rings. The summed E-state index contributed by atoms with van der Waals surface area (Å²) < 4.78 is 10.8. The highest BCUT2D eigenvalue weighted by molar-refractivity contribution is 5.80. The van der Waals surface area contributed by atoms with Gasteiger partial charge in [-0.25, -0.2) is 0 Å². The monoisotopic (exact) mass is 305 g/mol. The number of ether oxygens (including phenoxy) is 2. The Balaban J connectivity index is 1.58. The highest BCUT2D eigenvalue weighted by Crippen LogP contribution is 2.41. The molecule has 0 saturated heterocycles. The predicted molar refractivity (Wildman–Crippen MR) is 85.4 cm³/mol. The van der Waals surface area contributed by atoms with Crippen molar-refractivity contribution in [3.63, 3.8) is 0 Å². The maximum Gasteiger partial charge on any atom is 0.231 e. The number of nitrogens with zero attached hydrogens (tertiary/aromatic N) is 2. The lowest BCUT2D eigenvalue weighted by Crippen LogP contribution is -1.93. The minimum Gasteiger partial charge on any atom is -0.454 e. The molecule has 2 aromatic heterocycles. The zero-order valence-corrected chi connectivity index (χ0v) is 12.5. The van der Waals surface area contributed by atoms with Gasteiger partial charge in [-0.3, -0.25) is 10.1 Å². The first kappa shape index (κ1) is 12.7. The lowest BCUT2D eigenvalue weighted by atomic mass is 10.0. The van der Waals surface area contributed by atoms with Gasteiger partial charge in [-0.2, -0.15) is 5.10 Å². The molecule has 5 nitrogen and oxygen atoms in total. The van der Waals surface area contributed by atoms with Crippen molar-refractivity contribution in [1.82, 2.24) is 15.2 Å². The maximum atomic E-state index is 5.47. The largest absolute Gasteiger partial charge is 0.454 e. The zero-order chi connectivity index (χ0) is 15.2. The molecule has 0 unspecified atom stereocenters. The highest BCUT2D eigenvalue weighted by Gasteiger charge is 2.25. The van der Waals surface area contributed by atoms with Crippen LogP contribution in [0.25, 0.3) is 22.5 Å². The van der Waals surface area contributed by atoms with Crippen LogP contribution in [-0.2, 0) is 0 Å². The Hall–Kier alpha value is -2.82. The summed E-state index contributed by atoms with van der Waals surface area (Å²) in [5, 5.41) is 7.38. The molecule has 0 radical (unpaired) electrons. The number of aromatic amines is 1. The number of hydrogen-bond acceptors (Lipinski definition) is 4. The van der Waals surface area contributed by atoms with Gasteiger partial charge in [-0.1, -0.05) is 12.1 Å². The van der Waals surface area contributed by atoms with E-state index in [9.17, 15) is 0 Å². The van der Waals surface area contributed by atoms with E-state index >= 15 is 0 Å². The van der Waals surface area contributed by atoms with Crippen LogP contribution >= 0.6 is 0 Å². The molecular formula is C18H15N3O2. The molecule has 2 aliphatic rings. The number of H-pyrrole nitrogens is 1. The van der Waals surface area contributed by atoms with Gasteiger partial charge in [0.2, 0.25) is 6.79 Å². The fourth-order valence-electron chi connectivity index (χ4n) is 2.96. The Bertz CT molecular complexity index is 883. The van der Waals surface area contributed by atoms with Crippen molar-refractivity contribution in [3.8, 4) is 34.0 Å². The van der Waals surface area contributed by atoms with E-state index in [-0.39, 0.29) is 6.79 Å². The molecule has 0 amide bonds. The summed E-state index contributed by atoms with van der Waals surface area (Å²) in [6.45, 7) is 0.280. The van der Waals surface area contributed by atoms with Crippen molar-refractivity contribution in [1.29, 1.82) is 0 Å².